The van der Waals surface area contributed by atoms with E-state index in [2.05, 4.69) is 19.2 Å². The van der Waals surface area contributed by atoms with Crippen LogP contribution in [-0.4, -0.2) is 25.7 Å². The van der Waals surface area contributed by atoms with Crippen molar-refractivity contribution in [3.05, 3.63) is 0 Å². The molecule has 0 saturated heterocycles. The number of nitrogens with one attached hydrogen (secondary N) is 1. The molecule has 1 unspecified atom stereocenters. The Labute approximate surface area is 79.8 Å². The molecule has 76 valence electrons. The quantitative estimate of drug-likeness (QED) is 0.654. The van der Waals surface area contributed by atoms with Gasteiger partial charge in [-0.2, -0.15) is 0 Å². The summed E-state index contributed by atoms with van der Waals surface area (Å²) in [6, 6.07) is 0. The fourth-order valence-electron chi connectivity index (χ4n) is 1.49. The Balaban J connectivity index is 1.99. The van der Waals surface area contributed by atoms with E-state index in [9.17, 15) is 4.79 Å². The molecule has 1 N–H and O–H groups in total. The van der Waals surface area contributed by atoms with E-state index in [1.807, 2.05) is 6.92 Å². The van der Waals surface area contributed by atoms with Crippen LogP contribution in [0.25, 0.3) is 0 Å². The van der Waals surface area contributed by atoms with Crippen LogP contribution in [0.15, 0.2) is 0 Å². The molecule has 0 radical (unpaired) electrons. The molecular weight excluding hydrogens is 166 g/mol. The molecule has 1 aliphatic rings. The summed E-state index contributed by atoms with van der Waals surface area (Å²) in [6.07, 6.45) is 1.27. The van der Waals surface area contributed by atoms with Crippen LogP contribution in [0.5, 0.6) is 0 Å². The monoisotopic (exact) mass is 185 g/mol. The van der Waals surface area contributed by atoms with E-state index in [1.54, 1.807) is 0 Å². The number of hydrogen-bond donors (Lipinski definition) is 1. The first-order chi connectivity index (χ1) is 6.06. The lowest BCUT2D eigenvalue weighted by atomic mass is 10.1. The lowest BCUT2D eigenvalue weighted by Gasteiger charge is -2.05. The van der Waals surface area contributed by atoms with E-state index in [1.165, 1.54) is 6.42 Å². The Kier molecular flexibility index (Phi) is 3.31. The third-order valence-corrected chi connectivity index (χ3v) is 2.68. The largest absolute Gasteiger partial charge is 0.465 e. The Morgan fingerprint density at radius 3 is 2.69 bits per heavy atom. The van der Waals surface area contributed by atoms with Crippen molar-refractivity contribution in [2.75, 3.05) is 19.7 Å². The maximum atomic E-state index is 10.9. The van der Waals surface area contributed by atoms with Crippen molar-refractivity contribution >= 4 is 5.97 Å². The average molecular weight is 185 g/mol. The van der Waals surface area contributed by atoms with E-state index in [0.29, 0.717) is 18.6 Å². The van der Waals surface area contributed by atoms with Gasteiger partial charge in [-0.15, -0.1) is 0 Å². The molecule has 0 aromatic carbocycles. The van der Waals surface area contributed by atoms with Crippen molar-refractivity contribution in [2.45, 2.75) is 27.2 Å². The van der Waals surface area contributed by atoms with Crippen LogP contribution in [0.2, 0.25) is 0 Å². The fourth-order valence-corrected chi connectivity index (χ4v) is 1.49. The SMILES string of the molecule is CCOC(=O)CNCC1CC1(C)C. The van der Waals surface area contributed by atoms with Gasteiger partial charge in [0, 0.05) is 0 Å². The summed E-state index contributed by atoms with van der Waals surface area (Å²) >= 11 is 0. The first-order valence-corrected chi connectivity index (χ1v) is 4.92. The highest BCUT2D eigenvalue weighted by Crippen LogP contribution is 2.50. The zero-order chi connectivity index (χ0) is 9.90. The summed E-state index contributed by atoms with van der Waals surface area (Å²) in [4.78, 5) is 10.9. The van der Waals surface area contributed by atoms with Crippen LogP contribution < -0.4 is 5.32 Å². The number of carbonyl (C=O) groups excluding carboxylic acids is 1. The van der Waals surface area contributed by atoms with Gasteiger partial charge >= 0.3 is 5.97 Å². The Bertz CT molecular complexity index is 189. The van der Waals surface area contributed by atoms with E-state index >= 15 is 0 Å². The van der Waals surface area contributed by atoms with Crippen molar-refractivity contribution in [1.29, 1.82) is 0 Å². The third-order valence-electron chi connectivity index (χ3n) is 2.68. The van der Waals surface area contributed by atoms with Crippen LogP contribution in [0.4, 0.5) is 0 Å². The van der Waals surface area contributed by atoms with Crippen molar-refractivity contribution in [2.24, 2.45) is 11.3 Å². The second kappa shape index (κ2) is 4.09. The van der Waals surface area contributed by atoms with Gasteiger partial charge in [-0.3, -0.25) is 4.79 Å². The molecule has 3 heteroatoms. The van der Waals surface area contributed by atoms with Crippen LogP contribution in [0, 0.1) is 11.3 Å². The van der Waals surface area contributed by atoms with Crippen LogP contribution in [-0.2, 0) is 9.53 Å². The van der Waals surface area contributed by atoms with Crippen molar-refractivity contribution in [1.82, 2.24) is 5.32 Å². The molecule has 0 aromatic heterocycles. The van der Waals surface area contributed by atoms with Gasteiger partial charge in [-0.05, 0) is 31.2 Å². The smallest absolute Gasteiger partial charge is 0.319 e. The predicted molar refractivity (Wildman–Crippen MR) is 51.4 cm³/mol. The zero-order valence-corrected chi connectivity index (χ0v) is 8.72. The summed E-state index contributed by atoms with van der Waals surface area (Å²) in [5.74, 6) is 0.586. The number of carbonyl (C=O) groups is 1. The zero-order valence-electron chi connectivity index (χ0n) is 8.72. The Morgan fingerprint density at radius 2 is 2.23 bits per heavy atom. The number of rotatable bonds is 5. The van der Waals surface area contributed by atoms with E-state index in [0.717, 1.165) is 12.5 Å². The number of ether oxygens (including phenoxy) is 1. The van der Waals surface area contributed by atoms with Gasteiger partial charge < -0.3 is 10.1 Å². The lowest BCUT2D eigenvalue weighted by Crippen LogP contribution is -2.27. The van der Waals surface area contributed by atoms with Gasteiger partial charge in [0.2, 0.25) is 0 Å². The molecule has 0 bridgehead atoms. The van der Waals surface area contributed by atoms with Crippen molar-refractivity contribution < 1.29 is 9.53 Å². The van der Waals surface area contributed by atoms with Crippen LogP contribution >= 0.6 is 0 Å². The summed E-state index contributed by atoms with van der Waals surface area (Å²) in [5, 5.41) is 3.11. The van der Waals surface area contributed by atoms with Crippen LogP contribution in [0.1, 0.15) is 27.2 Å². The fraction of sp³-hybridized carbons (Fsp3) is 0.900. The highest BCUT2D eigenvalue weighted by molar-refractivity contribution is 5.71. The van der Waals surface area contributed by atoms with E-state index in [4.69, 9.17) is 4.74 Å². The average Bonchev–Trinajstić information content (AvgIpc) is 2.59. The molecular formula is C10H19NO2. The minimum atomic E-state index is -0.152. The minimum absolute atomic E-state index is 0.152. The van der Waals surface area contributed by atoms with Gasteiger partial charge in [0.05, 0.1) is 13.2 Å². The van der Waals surface area contributed by atoms with Crippen molar-refractivity contribution in [3.8, 4) is 0 Å². The Morgan fingerprint density at radius 1 is 1.62 bits per heavy atom. The summed E-state index contributed by atoms with van der Waals surface area (Å²) in [6.45, 7) is 8.08. The van der Waals surface area contributed by atoms with Gasteiger partial charge in [-0.1, -0.05) is 13.8 Å². The van der Waals surface area contributed by atoms with Gasteiger partial charge in [0.1, 0.15) is 0 Å². The topological polar surface area (TPSA) is 38.3 Å². The predicted octanol–water partition coefficient (Wildman–Crippen LogP) is 1.19. The first kappa shape index (κ1) is 10.5. The molecule has 1 atom stereocenters. The maximum absolute atomic E-state index is 10.9. The minimum Gasteiger partial charge on any atom is -0.465 e. The normalized spacial score (nSPS) is 24.1. The molecule has 0 aliphatic heterocycles. The van der Waals surface area contributed by atoms with Crippen molar-refractivity contribution in [3.63, 3.8) is 0 Å². The van der Waals surface area contributed by atoms with Gasteiger partial charge in [0.15, 0.2) is 0 Å². The third kappa shape index (κ3) is 3.35. The molecule has 1 fully saturated rings. The molecule has 0 amide bonds. The molecule has 0 aromatic rings. The molecule has 1 aliphatic carbocycles. The Hall–Kier alpha value is -0.570. The second-order valence-corrected chi connectivity index (χ2v) is 4.33. The molecule has 0 heterocycles. The van der Waals surface area contributed by atoms with E-state index < -0.39 is 0 Å². The highest BCUT2D eigenvalue weighted by atomic mass is 16.5. The van der Waals surface area contributed by atoms with Gasteiger partial charge in [0.25, 0.3) is 0 Å². The number of esters is 1. The highest BCUT2D eigenvalue weighted by Gasteiger charge is 2.44. The number of hydrogen-bond acceptors (Lipinski definition) is 3. The molecule has 0 spiro atoms. The first-order valence-electron chi connectivity index (χ1n) is 4.92. The summed E-state index contributed by atoms with van der Waals surface area (Å²) in [7, 11) is 0. The molecule has 1 rings (SSSR count). The molecule has 13 heavy (non-hydrogen) atoms. The second-order valence-electron chi connectivity index (χ2n) is 4.33. The van der Waals surface area contributed by atoms with Crippen LogP contribution in [0.3, 0.4) is 0 Å². The molecule has 3 nitrogen and oxygen atoms in total. The van der Waals surface area contributed by atoms with E-state index in [-0.39, 0.29) is 5.97 Å². The molecule has 1 saturated carbocycles. The maximum Gasteiger partial charge on any atom is 0.319 e. The summed E-state index contributed by atoms with van der Waals surface area (Å²) < 4.78 is 4.79. The summed E-state index contributed by atoms with van der Waals surface area (Å²) in [5.41, 5.74) is 0.488. The standard InChI is InChI=1S/C10H19NO2/c1-4-13-9(12)7-11-6-8-5-10(8,2)3/h8,11H,4-7H2,1-3H3. The lowest BCUT2D eigenvalue weighted by molar-refractivity contribution is -0.142. The van der Waals surface area contributed by atoms with Gasteiger partial charge in [-0.25, -0.2) is 0 Å².